The molecule has 5 heteroatoms. The molecule has 0 saturated heterocycles. The van der Waals surface area contributed by atoms with Gasteiger partial charge in [-0.05, 0) is 46.5 Å². The summed E-state index contributed by atoms with van der Waals surface area (Å²) in [7, 11) is 0. The Morgan fingerprint density at radius 3 is 2.63 bits per heavy atom. The Kier molecular flexibility index (Phi) is 3.67. The topological polar surface area (TPSA) is 67.2 Å². The van der Waals surface area contributed by atoms with Crippen LogP contribution >= 0.6 is 0 Å². The molecule has 1 aliphatic carbocycles. The largest absolute Gasteiger partial charge is 0.380 e. The van der Waals surface area contributed by atoms with Crippen molar-refractivity contribution < 1.29 is 9.90 Å². The van der Waals surface area contributed by atoms with Gasteiger partial charge in [0.25, 0.3) is 5.91 Å². The molecule has 19 heavy (non-hydrogen) atoms. The van der Waals surface area contributed by atoms with Gasteiger partial charge in [-0.15, -0.1) is 0 Å². The number of hydrogen-bond donors (Lipinski definition) is 2. The van der Waals surface area contributed by atoms with Crippen LogP contribution < -0.4 is 5.32 Å². The monoisotopic (exact) mass is 265 g/mol. The highest BCUT2D eigenvalue weighted by Crippen LogP contribution is 2.36. The minimum Gasteiger partial charge on any atom is -0.380 e. The number of carbonyl (C=O) groups excluding carboxylic acids is 1. The second kappa shape index (κ2) is 4.96. The van der Waals surface area contributed by atoms with Crippen LogP contribution in [0.4, 0.5) is 5.82 Å². The van der Waals surface area contributed by atoms with Gasteiger partial charge >= 0.3 is 0 Å². The summed E-state index contributed by atoms with van der Waals surface area (Å²) in [5.74, 6) is 0.224. The van der Waals surface area contributed by atoms with Gasteiger partial charge in [0.1, 0.15) is 5.60 Å². The molecule has 106 valence electrons. The molecule has 0 bridgehead atoms. The number of hydrogen-bond acceptors (Lipinski definition) is 3. The number of aliphatic hydroxyl groups is 1. The predicted molar refractivity (Wildman–Crippen MR) is 73.9 cm³/mol. The zero-order valence-electron chi connectivity index (χ0n) is 12.1. The lowest BCUT2D eigenvalue weighted by atomic mass is 9.73. The number of aromatic nitrogens is 2. The van der Waals surface area contributed by atoms with Gasteiger partial charge in [-0.1, -0.05) is 6.42 Å². The molecule has 1 fully saturated rings. The molecule has 0 radical (unpaired) electrons. The van der Waals surface area contributed by atoms with Crippen LogP contribution in [-0.2, 0) is 4.79 Å². The Hall–Kier alpha value is -1.36. The average Bonchev–Trinajstić information content (AvgIpc) is 2.56. The van der Waals surface area contributed by atoms with Crippen molar-refractivity contribution in [2.75, 3.05) is 5.32 Å². The summed E-state index contributed by atoms with van der Waals surface area (Å²) in [6.45, 7) is 7.62. The summed E-state index contributed by atoms with van der Waals surface area (Å²) in [6, 6.07) is 2.08. The van der Waals surface area contributed by atoms with Gasteiger partial charge in [0.15, 0.2) is 5.82 Å². The second-order valence-electron chi connectivity index (χ2n) is 5.94. The van der Waals surface area contributed by atoms with E-state index in [9.17, 15) is 9.90 Å². The number of anilines is 1. The molecule has 2 rings (SSSR count). The lowest BCUT2D eigenvalue weighted by molar-refractivity contribution is -0.141. The van der Waals surface area contributed by atoms with E-state index in [1.54, 1.807) is 6.92 Å². The van der Waals surface area contributed by atoms with E-state index in [1.165, 1.54) is 0 Å². The third-order valence-corrected chi connectivity index (χ3v) is 4.01. The van der Waals surface area contributed by atoms with Gasteiger partial charge in [-0.2, -0.15) is 5.10 Å². The SMILES string of the molecule is Cc1cc(NC(=O)C(C)(O)C2CCC2)nn1C(C)C. The van der Waals surface area contributed by atoms with Crippen LogP contribution in [0.3, 0.4) is 0 Å². The van der Waals surface area contributed by atoms with Crippen molar-refractivity contribution in [1.82, 2.24) is 9.78 Å². The van der Waals surface area contributed by atoms with Crippen molar-refractivity contribution in [3.8, 4) is 0 Å². The molecule has 1 aromatic rings. The maximum atomic E-state index is 12.1. The molecule has 1 aliphatic rings. The Labute approximate surface area is 114 Å². The van der Waals surface area contributed by atoms with E-state index in [0.29, 0.717) is 5.82 Å². The first-order valence-electron chi connectivity index (χ1n) is 6.92. The number of nitrogens with one attached hydrogen (secondary N) is 1. The van der Waals surface area contributed by atoms with Crippen LogP contribution in [0.25, 0.3) is 0 Å². The van der Waals surface area contributed by atoms with Crippen molar-refractivity contribution in [3.05, 3.63) is 11.8 Å². The molecule has 1 aromatic heterocycles. The molecule has 1 amide bonds. The molecule has 1 saturated carbocycles. The van der Waals surface area contributed by atoms with E-state index in [0.717, 1.165) is 25.0 Å². The number of carbonyl (C=O) groups is 1. The van der Waals surface area contributed by atoms with Gasteiger partial charge in [0.2, 0.25) is 0 Å². The Morgan fingerprint density at radius 2 is 2.21 bits per heavy atom. The van der Waals surface area contributed by atoms with Crippen molar-refractivity contribution in [3.63, 3.8) is 0 Å². The summed E-state index contributed by atoms with van der Waals surface area (Å²) in [5, 5.41) is 17.4. The first-order valence-corrected chi connectivity index (χ1v) is 6.92. The van der Waals surface area contributed by atoms with E-state index in [1.807, 2.05) is 31.5 Å². The third kappa shape index (κ3) is 2.66. The molecule has 1 atom stereocenters. The minimum absolute atomic E-state index is 0.0702. The quantitative estimate of drug-likeness (QED) is 0.877. The molecule has 2 N–H and O–H groups in total. The highest BCUT2D eigenvalue weighted by Gasteiger charge is 2.42. The lowest BCUT2D eigenvalue weighted by Crippen LogP contribution is -2.49. The van der Waals surface area contributed by atoms with Crippen LogP contribution in [0.2, 0.25) is 0 Å². The first-order chi connectivity index (χ1) is 8.82. The predicted octanol–water partition coefficient (Wildman–Crippen LogP) is 2.26. The lowest BCUT2D eigenvalue weighted by Gasteiger charge is -2.37. The number of aryl methyl sites for hydroxylation is 1. The van der Waals surface area contributed by atoms with Crippen LogP contribution in [0.1, 0.15) is 51.8 Å². The smallest absolute Gasteiger partial charge is 0.257 e. The van der Waals surface area contributed by atoms with Crippen LogP contribution in [-0.4, -0.2) is 26.4 Å². The van der Waals surface area contributed by atoms with Crippen molar-refractivity contribution in [2.24, 2.45) is 5.92 Å². The molecular formula is C14H23N3O2. The summed E-state index contributed by atoms with van der Waals surface area (Å²) in [5.41, 5.74) is -0.304. The molecule has 0 aliphatic heterocycles. The van der Waals surface area contributed by atoms with E-state index in [4.69, 9.17) is 0 Å². The summed E-state index contributed by atoms with van der Waals surface area (Å²) >= 11 is 0. The van der Waals surface area contributed by atoms with E-state index >= 15 is 0 Å². The van der Waals surface area contributed by atoms with Crippen LogP contribution in [0.15, 0.2) is 6.07 Å². The molecule has 5 nitrogen and oxygen atoms in total. The fourth-order valence-corrected chi connectivity index (χ4v) is 2.47. The molecule has 1 heterocycles. The minimum atomic E-state index is -1.30. The Bertz CT molecular complexity index is 473. The Morgan fingerprint density at radius 1 is 1.58 bits per heavy atom. The van der Waals surface area contributed by atoms with Crippen molar-refractivity contribution in [1.29, 1.82) is 0 Å². The number of nitrogens with zero attached hydrogens (tertiary/aromatic N) is 2. The van der Waals surface area contributed by atoms with Gasteiger partial charge in [-0.25, -0.2) is 0 Å². The molecule has 0 spiro atoms. The normalized spacial score (nSPS) is 19.1. The van der Waals surface area contributed by atoms with Crippen molar-refractivity contribution in [2.45, 2.75) is 58.6 Å². The van der Waals surface area contributed by atoms with Crippen LogP contribution in [0, 0.1) is 12.8 Å². The molecule has 1 unspecified atom stereocenters. The van der Waals surface area contributed by atoms with Gasteiger partial charge in [0, 0.05) is 17.8 Å². The number of rotatable bonds is 4. The molecular weight excluding hydrogens is 242 g/mol. The summed E-state index contributed by atoms with van der Waals surface area (Å²) < 4.78 is 1.85. The maximum absolute atomic E-state index is 12.1. The fourth-order valence-electron chi connectivity index (χ4n) is 2.47. The van der Waals surface area contributed by atoms with Crippen molar-refractivity contribution >= 4 is 11.7 Å². The van der Waals surface area contributed by atoms with E-state index in [-0.39, 0.29) is 17.9 Å². The Balaban J connectivity index is 2.08. The van der Waals surface area contributed by atoms with Gasteiger partial charge in [-0.3, -0.25) is 9.48 Å². The highest BCUT2D eigenvalue weighted by atomic mass is 16.3. The van der Waals surface area contributed by atoms with E-state index < -0.39 is 5.60 Å². The standard InChI is InChI=1S/C14H23N3O2/c1-9(2)17-10(3)8-12(16-17)15-13(18)14(4,19)11-6-5-7-11/h8-9,11,19H,5-7H2,1-4H3,(H,15,16,18). The highest BCUT2D eigenvalue weighted by molar-refractivity contribution is 5.96. The number of amides is 1. The first kappa shape index (κ1) is 14.1. The second-order valence-corrected chi connectivity index (χ2v) is 5.94. The summed E-state index contributed by atoms with van der Waals surface area (Å²) in [6.07, 6.45) is 2.93. The van der Waals surface area contributed by atoms with E-state index in [2.05, 4.69) is 10.4 Å². The fraction of sp³-hybridized carbons (Fsp3) is 0.714. The maximum Gasteiger partial charge on any atom is 0.257 e. The average molecular weight is 265 g/mol. The zero-order chi connectivity index (χ0) is 14.2. The zero-order valence-corrected chi connectivity index (χ0v) is 12.1. The molecule has 0 aromatic carbocycles. The van der Waals surface area contributed by atoms with Gasteiger partial charge < -0.3 is 10.4 Å². The third-order valence-electron chi connectivity index (χ3n) is 4.01. The van der Waals surface area contributed by atoms with Gasteiger partial charge in [0.05, 0.1) is 0 Å². The summed E-state index contributed by atoms with van der Waals surface area (Å²) in [4.78, 5) is 12.1. The van der Waals surface area contributed by atoms with Crippen LogP contribution in [0.5, 0.6) is 0 Å².